The van der Waals surface area contributed by atoms with Crippen LogP contribution in [0, 0.1) is 0 Å². The van der Waals surface area contributed by atoms with Crippen molar-refractivity contribution < 1.29 is 17.9 Å². The fraction of sp³-hybridized carbons (Fsp3) is 0.296. The van der Waals surface area contributed by atoms with E-state index in [2.05, 4.69) is 24.4 Å². The Bertz CT molecular complexity index is 1210. The maximum absolute atomic E-state index is 12.5. The zero-order valence-electron chi connectivity index (χ0n) is 20.4. The first-order valence-electron chi connectivity index (χ1n) is 11.5. The quantitative estimate of drug-likeness (QED) is 0.269. The third-order valence-electron chi connectivity index (χ3n) is 5.40. The van der Waals surface area contributed by atoms with E-state index in [0.717, 1.165) is 29.1 Å². The lowest BCUT2D eigenvalue weighted by molar-refractivity contribution is 0.0947. The van der Waals surface area contributed by atoms with Gasteiger partial charge in [-0.2, -0.15) is 0 Å². The summed E-state index contributed by atoms with van der Waals surface area (Å²) in [6, 6.07) is 22.4. The minimum Gasteiger partial charge on any atom is -0.492 e. The third kappa shape index (κ3) is 8.04. The van der Waals surface area contributed by atoms with Gasteiger partial charge < -0.3 is 10.1 Å². The van der Waals surface area contributed by atoms with Gasteiger partial charge in [0.25, 0.3) is 5.91 Å². The van der Waals surface area contributed by atoms with Crippen molar-refractivity contribution >= 4 is 33.4 Å². The molecule has 3 rings (SSSR count). The van der Waals surface area contributed by atoms with Crippen molar-refractivity contribution in [2.24, 2.45) is 0 Å². The third-order valence-corrected chi connectivity index (χ3v) is 7.27. The SMILES string of the molecule is CCCc1ccc(OCCNC(=O)c2ccc(CN(c3cccc(SC)c3)S(C)(=O)=O)cc2)cc1. The zero-order chi connectivity index (χ0) is 25.3. The summed E-state index contributed by atoms with van der Waals surface area (Å²) in [5.41, 5.74) is 3.19. The van der Waals surface area contributed by atoms with Crippen LogP contribution in [0.1, 0.15) is 34.8 Å². The summed E-state index contributed by atoms with van der Waals surface area (Å²) in [4.78, 5) is 13.5. The molecule has 0 radical (unpaired) electrons. The number of aryl methyl sites for hydroxylation is 1. The van der Waals surface area contributed by atoms with Crippen LogP contribution < -0.4 is 14.4 Å². The van der Waals surface area contributed by atoms with Gasteiger partial charge >= 0.3 is 0 Å². The number of nitrogens with one attached hydrogen (secondary N) is 1. The monoisotopic (exact) mass is 512 g/mol. The Morgan fingerprint density at radius 1 is 1.00 bits per heavy atom. The van der Waals surface area contributed by atoms with E-state index < -0.39 is 10.0 Å². The van der Waals surface area contributed by atoms with Gasteiger partial charge in [-0.1, -0.05) is 43.7 Å². The average molecular weight is 513 g/mol. The molecule has 0 saturated heterocycles. The van der Waals surface area contributed by atoms with Gasteiger partial charge in [0.1, 0.15) is 12.4 Å². The van der Waals surface area contributed by atoms with E-state index in [9.17, 15) is 13.2 Å². The molecule has 0 fully saturated rings. The molecule has 6 nitrogen and oxygen atoms in total. The molecule has 0 unspecified atom stereocenters. The standard InChI is InChI=1S/C27H32N2O4S2/c1-4-6-21-11-15-25(16-12-21)33-18-17-28-27(30)23-13-9-22(10-14-23)20-29(35(3,31)32)24-7-5-8-26(19-24)34-2/h5,7-16,19H,4,6,17-18,20H2,1-3H3,(H,28,30). The lowest BCUT2D eigenvalue weighted by atomic mass is 10.1. The highest BCUT2D eigenvalue weighted by Gasteiger charge is 2.18. The Balaban J connectivity index is 1.54. The number of nitrogens with zero attached hydrogens (tertiary/aromatic N) is 1. The summed E-state index contributed by atoms with van der Waals surface area (Å²) in [5.74, 6) is 0.577. The van der Waals surface area contributed by atoms with Crippen LogP contribution >= 0.6 is 11.8 Å². The summed E-state index contributed by atoms with van der Waals surface area (Å²) in [6.07, 6.45) is 5.30. The lowest BCUT2D eigenvalue weighted by Crippen LogP contribution is -2.29. The van der Waals surface area contributed by atoms with E-state index in [0.29, 0.717) is 24.4 Å². The molecule has 8 heteroatoms. The fourth-order valence-corrected chi connectivity index (χ4v) is 4.90. The highest BCUT2D eigenvalue weighted by molar-refractivity contribution is 7.98. The van der Waals surface area contributed by atoms with Gasteiger partial charge in [-0.3, -0.25) is 9.10 Å². The number of carbonyl (C=O) groups is 1. The second-order valence-electron chi connectivity index (χ2n) is 8.17. The fourth-order valence-electron chi connectivity index (χ4n) is 3.57. The lowest BCUT2D eigenvalue weighted by Gasteiger charge is -2.23. The van der Waals surface area contributed by atoms with Crippen LogP contribution in [0.25, 0.3) is 0 Å². The van der Waals surface area contributed by atoms with E-state index >= 15 is 0 Å². The first-order chi connectivity index (χ1) is 16.8. The van der Waals surface area contributed by atoms with Crippen molar-refractivity contribution in [2.45, 2.75) is 31.2 Å². The molecule has 0 bridgehead atoms. The summed E-state index contributed by atoms with van der Waals surface area (Å²) >= 11 is 1.56. The smallest absolute Gasteiger partial charge is 0.251 e. The van der Waals surface area contributed by atoms with Crippen molar-refractivity contribution in [1.29, 1.82) is 0 Å². The number of sulfonamides is 1. The molecule has 3 aromatic rings. The molecular formula is C27H32N2O4S2. The molecule has 0 aliphatic rings. The highest BCUT2D eigenvalue weighted by atomic mass is 32.2. The zero-order valence-corrected chi connectivity index (χ0v) is 22.0. The van der Waals surface area contributed by atoms with E-state index in [-0.39, 0.29) is 12.5 Å². The summed E-state index contributed by atoms with van der Waals surface area (Å²) < 4.78 is 32.0. The van der Waals surface area contributed by atoms with Crippen LogP contribution in [0.15, 0.2) is 77.7 Å². The summed E-state index contributed by atoms with van der Waals surface area (Å²) in [7, 11) is -3.48. The molecule has 0 aromatic heterocycles. The molecule has 35 heavy (non-hydrogen) atoms. The number of carbonyl (C=O) groups excluding carboxylic acids is 1. The van der Waals surface area contributed by atoms with Crippen molar-refractivity contribution in [3.8, 4) is 5.75 Å². The molecule has 0 atom stereocenters. The van der Waals surface area contributed by atoms with Gasteiger partial charge in [0.15, 0.2) is 0 Å². The molecular weight excluding hydrogens is 480 g/mol. The van der Waals surface area contributed by atoms with E-state index in [1.165, 1.54) is 16.1 Å². The largest absolute Gasteiger partial charge is 0.492 e. The number of benzene rings is 3. The maximum Gasteiger partial charge on any atom is 0.251 e. The maximum atomic E-state index is 12.5. The Hall–Kier alpha value is -2.97. The number of anilines is 1. The number of hydrogen-bond donors (Lipinski definition) is 1. The number of amides is 1. The summed E-state index contributed by atoms with van der Waals surface area (Å²) in [5, 5.41) is 2.85. The van der Waals surface area contributed by atoms with Crippen molar-refractivity contribution in [3.05, 3.63) is 89.5 Å². The van der Waals surface area contributed by atoms with Crippen molar-refractivity contribution in [2.75, 3.05) is 30.0 Å². The molecule has 0 aliphatic heterocycles. The Kier molecular flexibility index (Phi) is 9.63. The molecule has 1 amide bonds. The molecule has 0 spiro atoms. The molecule has 3 aromatic carbocycles. The van der Waals surface area contributed by atoms with Gasteiger partial charge in [-0.25, -0.2) is 8.42 Å². The predicted octanol–water partition coefficient (Wildman–Crippen LogP) is 5.14. The van der Waals surface area contributed by atoms with Crippen molar-refractivity contribution in [3.63, 3.8) is 0 Å². The average Bonchev–Trinajstić information content (AvgIpc) is 2.86. The van der Waals surface area contributed by atoms with E-state index in [1.807, 2.05) is 36.6 Å². The van der Waals surface area contributed by atoms with Crippen LogP contribution in [0.3, 0.4) is 0 Å². The molecule has 0 saturated carbocycles. The second-order valence-corrected chi connectivity index (χ2v) is 11.0. The normalized spacial score (nSPS) is 11.2. The van der Waals surface area contributed by atoms with Gasteiger partial charge in [0.2, 0.25) is 10.0 Å². The van der Waals surface area contributed by atoms with Crippen LogP contribution in [0.2, 0.25) is 0 Å². The second kappa shape index (κ2) is 12.7. The Morgan fingerprint density at radius 2 is 1.69 bits per heavy atom. The molecule has 186 valence electrons. The topological polar surface area (TPSA) is 75.7 Å². The highest BCUT2D eigenvalue weighted by Crippen LogP contribution is 2.25. The first kappa shape index (κ1) is 26.6. The first-order valence-corrected chi connectivity index (χ1v) is 14.6. The van der Waals surface area contributed by atoms with Crippen molar-refractivity contribution in [1.82, 2.24) is 5.32 Å². The molecule has 1 N–H and O–H groups in total. The number of thioether (sulfide) groups is 1. The number of ether oxygens (including phenoxy) is 1. The molecule has 0 heterocycles. The number of rotatable bonds is 12. The number of hydrogen-bond acceptors (Lipinski definition) is 5. The van der Waals surface area contributed by atoms with Gasteiger partial charge in [0.05, 0.1) is 25.0 Å². The molecule has 0 aliphatic carbocycles. The van der Waals surface area contributed by atoms with Gasteiger partial charge in [-0.15, -0.1) is 11.8 Å². The Morgan fingerprint density at radius 3 is 2.31 bits per heavy atom. The van der Waals surface area contributed by atoms with E-state index in [1.54, 1.807) is 42.1 Å². The minimum atomic E-state index is -3.48. The summed E-state index contributed by atoms with van der Waals surface area (Å²) in [6.45, 7) is 3.08. The minimum absolute atomic E-state index is 0.184. The van der Waals surface area contributed by atoms with Crippen LogP contribution in [0.5, 0.6) is 5.75 Å². The van der Waals surface area contributed by atoms with Crippen LogP contribution in [-0.4, -0.2) is 40.0 Å². The van der Waals surface area contributed by atoms with Gasteiger partial charge in [-0.05, 0) is 66.3 Å². The van der Waals surface area contributed by atoms with Crippen LogP contribution in [0.4, 0.5) is 5.69 Å². The predicted molar refractivity (Wildman–Crippen MR) is 144 cm³/mol. The van der Waals surface area contributed by atoms with E-state index in [4.69, 9.17) is 4.74 Å². The van der Waals surface area contributed by atoms with Crippen LogP contribution in [-0.2, 0) is 23.0 Å². The Labute approximate surface area is 212 Å². The van der Waals surface area contributed by atoms with Gasteiger partial charge in [0, 0.05) is 10.5 Å².